The minimum atomic E-state index is -0.356. The molecule has 0 saturated carbocycles. The van der Waals surface area contributed by atoms with Crippen LogP contribution in [0.2, 0.25) is 0 Å². The molecule has 0 aliphatic rings. The van der Waals surface area contributed by atoms with Crippen LogP contribution >= 0.6 is 25.3 Å². The summed E-state index contributed by atoms with van der Waals surface area (Å²) in [4.78, 5) is 13.7. The zero-order valence-corrected chi connectivity index (χ0v) is 12.5. The van der Waals surface area contributed by atoms with Crippen LogP contribution in [0.15, 0.2) is 61.5 Å². The molecule has 0 bridgehead atoms. The highest BCUT2D eigenvalue weighted by atomic mass is 32.1. The third-order valence-corrected chi connectivity index (χ3v) is 4.11. The highest BCUT2D eigenvalue weighted by Gasteiger charge is 2.10. The van der Waals surface area contributed by atoms with Gasteiger partial charge in [0.15, 0.2) is 5.58 Å². The molecule has 0 aliphatic heterocycles. The van der Waals surface area contributed by atoms with Gasteiger partial charge in [-0.15, -0.1) is 25.3 Å². The SMILES string of the molecule is Cc1ccc2cc(-c3ccc(S)cc3)c(=O)oc2c1S. The van der Waals surface area contributed by atoms with Crippen LogP contribution in [0.4, 0.5) is 0 Å². The molecular weight excluding hydrogens is 288 g/mol. The van der Waals surface area contributed by atoms with E-state index in [4.69, 9.17) is 4.42 Å². The van der Waals surface area contributed by atoms with Crippen molar-refractivity contribution in [2.24, 2.45) is 0 Å². The minimum absolute atomic E-state index is 0.356. The van der Waals surface area contributed by atoms with Crippen LogP contribution in [-0.4, -0.2) is 0 Å². The molecule has 20 heavy (non-hydrogen) atoms. The van der Waals surface area contributed by atoms with Gasteiger partial charge < -0.3 is 4.42 Å². The Hall–Kier alpha value is -1.65. The molecular formula is C16H12O2S2. The van der Waals surface area contributed by atoms with Crippen molar-refractivity contribution in [1.29, 1.82) is 0 Å². The summed E-state index contributed by atoms with van der Waals surface area (Å²) in [5.74, 6) is 0. The molecule has 0 unspecified atom stereocenters. The summed E-state index contributed by atoms with van der Waals surface area (Å²) in [6.07, 6.45) is 0. The summed E-state index contributed by atoms with van der Waals surface area (Å²) < 4.78 is 5.44. The highest BCUT2D eigenvalue weighted by molar-refractivity contribution is 7.80. The van der Waals surface area contributed by atoms with Gasteiger partial charge in [0.25, 0.3) is 0 Å². The Balaban J connectivity index is 2.28. The van der Waals surface area contributed by atoms with Crippen LogP contribution in [-0.2, 0) is 0 Å². The van der Waals surface area contributed by atoms with Gasteiger partial charge in [0, 0.05) is 10.3 Å². The number of aryl methyl sites for hydroxylation is 1. The first kappa shape index (κ1) is 13.3. The van der Waals surface area contributed by atoms with E-state index in [1.807, 2.05) is 49.4 Å². The van der Waals surface area contributed by atoms with Gasteiger partial charge in [0.1, 0.15) is 0 Å². The second-order valence-electron chi connectivity index (χ2n) is 4.64. The number of benzene rings is 2. The normalized spacial score (nSPS) is 10.9. The molecule has 2 nitrogen and oxygen atoms in total. The van der Waals surface area contributed by atoms with Crippen molar-refractivity contribution >= 4 is 36.2 Å². The topological polar surface area (TPSA) is 30.2 Å². The largest absolute Gasteiger partial charge is 0.421 e. The van der Waals surface area contributed by atoms with Gasteiger partial charge in [0.2, 0.25) is 0 Å². The first-order valence-corrected chi connectivity index (χ1v) is 7.01. The zero-order valence-electron chi connectivity index (χ0n) is 10.8. The van der Waals surface area contributed by atoms with Crippen molar-refractivity contribution < 1.29 is 4.42 Å². The molecule has 0 N–H and O–H groups in total. The van der Waals surface area contributed by atoms with E-state index in [0.29, 0.717) is 16.0 Å². The summed E-state index contributed by atoms with van der Waals surface area (Å²) in [7, 11) is 0. The second-order valence-corrected chi connectivity index (χ2v) is 5.61. The smallest absolute Gasteiger partial charge is 0.344 e. The predicted molar refractivity (Wildman–Crippen MR) is 87.2 cm³/mol. The van der Waals surface area contributed by atoms with Gasteiger partial charge in [-0.25, -0.2) is 4.79 Å². The van der Waals surface area contributed by atoms with Gasteiger partial charge in [-0.05, 0) is 36.2 Å². The maximum Gasteiger partial charge on any atom is 0.344 e. The minimum Gasteiger partial charge on any atom is -0.421 e. The predicted octanol–water partition coefficient (Wildman–Crippen LogP) is 4.35. The molecule has 0 atom stereocenters. The van der Waals surface area contributed by atoms with Crippen molar-refractivity contribution in [3.63, 3.8) is 0 Å². The van der Waals surface area contributed by atoms with Crippen LogP contribution in [0.25, 0.3) is 22.1 Å². The maximum atomic E-state index is 12.2. The van der Waals surface area contributed by atoms with Crippen molar-refractivity contribution in [1.82, 2.24) is 0 Å². The fraction of sp³-hybridized carbons (Fsp3) is 0.0625. The van der Waals surface area contributed by atoms with Crippen LogP contribution in [0.5, 0.6) is 0 Å². The molecule has 0 saturated heterocycles. The van der Waals surface area contributed by atoms with E-state index >= 15 is 0 Å². The first-order valence-electron chi connectivity index (χ1n) is 6.12. The Morgan fingerprint density at radius 1 is 1.00 bits per heavy atom. The van der Waals surface area contributed by atoms with E-state index in [-0.39, 0.29) is 5.63 Å². The van der Waals surface area contributed by atoms with E-state index in [1.165, 1.54) is 0 Å². The lowest BCUT2D eigenvalue weighted by Crippen LogP contribution is -2.03. The van der Waals surface area contributed by atoms with E-state index in [9.17, 15) is 4.79 Å². The lowest BCUT2D eigenvalue weighted by atomic mass is 10.1. The molecule has 100 valence electrons. The Morgan fingerprint density at radius 3 is 2.40 bits per heavy atom. The van der Waals surface area contributed by atoms with Crippen molar-refractivity contribution in [2.45, 2.75) is 16.7 Å². The summed E-state index contributed by atoms with van der Waals surface area (Å²) in [5.41, 5.74) is 2.52. The third-order valence-electron chi connectivity index (χ3n) is 3.26. The van der Waals surface area contributed by atoms with Gasteiger partial charge >= 0.3 is 5.63 Å². The van der Waals surface area contributed by atoms with Crippen LogP contribution in [0.3, 0.4) is 0 Å². The molecule has 0 fully saturated rings. The Bertz CT molecular complexity index is 849. The third kappa shape index (κ3) is 2.25. The Kier molecular flexibility index (Phi) is 3.36. The van der Waals surface area contributed by atoms with Gasteiger partial charge in [-0.2, -0.15) is 0 Å². The number of hydrogen-bond donors (Lipinski definition) is 2. The quantitative estimate of drug-likeness (QED) is 0.517. The molecule has 1 aromatic heterocycles. The number of thiol groups is 2. The summed E-state index contributed by atoms with van der Waals surface area (Å²) in [5, 5.41) is 0.866. The number of fused-ring (bicyclic) bond motifs is 1. The average Bonchev–Trinajstić information content (AvgIpc) is 2.44. The van der Waals surface area contributed by atoms with Crippen molar-refractivity contribution in [3.8, 4) is 11.1 Å². The fourth-order valence-electron chi connectivity index (χ4n) is 2.11. The van der Waals surface area contributed by atoms with Crippen LogP contribution in [0, 0.1) is 6.92 Å². The first-order chi connectivity index (χ1) is 9.56. The maximum absolute atomic E-state index is 12.2. The summed E-state index contributed by atoms with van der Waals surface area (Å²) in [6.45, 7) is 1.93. The molecule has 3 aromatic rings. The standard InChI is InChI=1S/C16H12O2S2/c1-9-2-3-11-8-13(10-4-6-12(19)7-5-10)16(17)18-14(11)15(9)20/h2-8,19-20H,1H3. The lowest BCUT2D eigenvalue weighted by molar-refractivity contribution is 0.556. The number of hydrogen-bond acceptors (Lipinski definition) is 4. The monoisotopic (exact) mass is 300 g/mol. The molecule has 2 aromatic carbocycles. The van der Waals surface area contributed by atoms with E-state index < -0.39 is 0 Å². The van der Waals surface area contributed by atoms with E-state index in [1.54, 1.807) is 0 Å². The molecule has 0 spiro atoms. The average molecular weight is 300 g/mol. The van der Waals surface area contributed by atoms with Crippen molar-refractivity contribution in [3.05, 3.63) is 58.4 Å². The van der Waals surface area contributed by atoms with Gasteiger partial charge in [-0.1, -0.05) is 24.3 Å². The lowest BCUT2D eigenvalue weighted by Gasteiger charge is -2.06. The summed E-state index contributed by atoms with van der Waals surface area (Å²) >= 11 is 8.65. The van der Waals surface area contributed by atoms with Gasteiger partial charge in [-0.3, -0.25) is 0 Å². The summed E-state index contributed by atoms with van der Waals surface area (Å²) in [6, 6.07) is 13.2. The Labute approximate surface area is 127 Å². The van der Waals surface area contributed by atoms with Crippen LogP contribution in [0.1, 0.15) is 5.56 Å². The second kappa shape index (κ2) is 5.04. The van der Waals surface area contributed by atoms with Crippen molar-refractivity contribution in [2.75, 3.05) is 0 Å². The number of rotatable bonds is 1. The molecule has 0 radical (unpaired) electrons. The molecule has 4 heteroatoms. The van der Waals surface area contributed by atoms with E-state index in [0.717, 1.165) is 21.4 Å². The molecule has 0 aliphatic carbocycles. The highest BCUT2D eigenvalue weighted by Crippen LogP contribution is 2.27. The van der Waals surface area contributed by atoms with Crippen LogP contribution < -0.4 is 5.63 Å². The van der Waals surface area contributed by atoms with E-state index in [2.05, 4.69) is 25.3 Å². The van der Waals surface area contributed by atoms with Gasteiger partial charge in [0.05, 0.1) is 10.5 Å². The zero-order chi connectivity index (χ0) is 14.3. The molecule has 3 rings (SSSR count). The molecule has 0 amide bonds. The Morgan fingerprint density at radius 2 is 1.70 bits per heavy atom. The fourth-order valence-corrected chi connectivity index (χ4v) is 2.51. The molecule has 1 heterocycles.